The third-order valence-corrected chi connectivity index (χ3v) is 5.92. The van der Waals surface area contributed by atoms with Gasteiger partial charge in [0, 0.05) is 11.4 Å². The Labute approximate surface area is 122 Å². The molecule has 1 aromatic heterocycles. The van der Waals surface area contributed by atoms with Crippen LogP contribution in [0.1, 0.15) is 35.5 Å². The highest BCUT2D eigenvalue weighted by Crippen LogP contribution is 2.41. The maximum atomic E-state index is 12.6. The molecule has 0 saturated heterocycles. The van der Waals surface area contributed by atoms with Crippen molar-refractivity contribution in [1.29, 1.82) is 0 Å². The molecule has 7 heteroatoms. The molecule has 1 atom stereocenters. The van der Waals surface area contributed by atoms with E-state index in [4.69, 9.17) is 11.6 Å². The van der Waals surface area contributed by atoms with Crippen molar-refractivity contribution in [2.75, 3.05) is 0 Å². The fourth-order valence-corrected chi connectivity index (χ4v) is 4.51. The monoisotopic (exact) mass is 311 g/mol. The van der Waals surface area contributed by atoms with Gasteiger partial charge in [0.15, 0.2) is 0 Å². The van der Waals surface area contributed by atoms with Crippen molar-refractivity contribution in [3.63, 3.8) is 0 Å². The van der Waals surface area contributed by atoms with Gasteiger partial charge < -0.3 is 0 Å². The molecule has 0 radical (unpaired) electrons. The van der Waals surface area contributed by atoms with E-state index in [2.05, 4.69) is 15.2 Å². The second kappa shape index (κ2) is 4.86. The summed E-state index contributed by atoms with van der Waals surface area (Å²) in [4.78, 5) is 4.05. The second-order valence-electron chi connectivity index (χ2n) is 4.80. The van der Waals surface area contributed by atoms with Crippen molar-refractivity contribution in [1.82, 2.24) is 15.2 Å². The van der Waals surface area contributed by atoms with Crippen LogP contribution in [0.3, 0.4) is 0 Å². The second-order valence-corrected chi connectivity index (χ2v) is 7.23. The Bertz CT molecular complexity index is 755. The van der Waals surface area contributed by atoms with Crippen molar-refractivity contribution in [2.45, 2.75) is 36.6 Å². The van der Waals surface area contributed by atoms with Gasteiger partial charge in [0.25, 0.3) is 5.16 Å². The molecule has 5 nitrogen and oxygen atoms in total. The molecule has 0 spiro atoms. The number of fused-ring (bicyclic) bond motifs is 1. The molecule has 0 unspecified atom stereocenters. The van der Waals surface area contributed by atoms with Crippen LogP contribution in [0, 0.1) is 0 Å². The standard InChI is InChI=1S/C13H14ClN3O2S/c1-2-12-15-13(17-16-12)20(18,19)11-7-6-8-9(11)4-3-5-10(8)14/h3-5,11H,2,6-7H2,1H3,(H,15,16,17)/t11-/m0/s1. The van der Waals surface area contributed by atoms with Crippen LogP contribution in [0.2, 0.25) is 5.02 Å². The zero-order chi connectivity index (χ0) is 14.3. The molecule has 3 rings (SSSR count). The molecule has 1 aromatic carbocycles. The lowest BCUT2D eigenvalue weighted by Gasteiger charge is -2.10. The molecular formula is C13H14ClN3O2S. The van der Waals surface area contributed by atoms with Gasteiger partial charge in [0.05, 0.1) is 5.25 Å². The molecule has 0 aliphatic heterocycles. The Morgan fingerprint density at radius 2 is 2.25 bits per heavy atom. The summed E-state index contributed by atoms with van der Waals surface area (Å²) < 4.78 is 25.3. The number of hydrogen-bond acceptors (Lipinski definition) is 4. The summed E-state index contributed by atoms with van der Waals surface area (Å²) in [5, 5.41) is 6.41. The van der Waals surface area contributed by atoms with Crippen LogP contribution in [-0.2, 0) is 22.7 Å². The minimum atomic E-state index is -3.57. The van der Waals surface area contributed by atoms with Gasteiger partial charge in [0.2, 0.25) is 9.84 Å². The molecule has 106 valence electrons. The molecule has 1 N–H and O–H groups in total. The number of aryl methyl sites for hydroxylation is 1. The van der Waals surface area contributed by atoms with Gasteiger partial charge in [-0.2, -0.15) is 0 Å². The Morgan fingerprint density at radius 1 is 1.45 bits per heavy atom. The lowest BCUT2D eigenvalue weighted by molar-refractivity contribution is 0.572. The van der Waals surface area contributed by atoms with E-state index >= 15 is 0 Å². The van der Waals surface area contributed by atoms with Gasteiger partial charge in [-0.15, -0.1) is 5.10 Å². The van der Waals surface area contributed by atoms with E-state index in [1.807, 2.05) is 13.0 Å². The van der Waals surface area contributed by atoms with E-state index in [-0.39, 0.29) is 5.16 Å². The summed E-state index contributed by atoms with van der Waals surface area (Å²) in [5.74, 6) is 0.577. The van der Waals surface area contributed by atoms with E-state index in [0.29, 0.717) is 30.1 Å². The largest absolute Gasteiger partial charge is 0.267 e. The third-order valence-electron chi connectivity index (χ3n) is 3.63. The van der Waals surface area contributed by atoms with Crippen LogP contribution in [0.25, 0.3) is 0 Å². The molecule has 1 aliphatic rings. The average molecular weight is 312 g/mol. The van der Waals surface area contributed by atoms with Gasteiger partial charge in [0.1, 0.15) is 5.82 Å². The molecule has 0 fully saturated rings. The Hall–Kier alpha value is -1.40. The summed E-state index contributed by atoms with van der Waals surface area (Å²) in [6.07, 6.45) is 1.82. The first-order valence-electron chi connectivity index (χ1n) is 6.46. The number of H-pyrrole nitrogens is 1. The Morgan fingerprint density at radius 3 is 2.95 bits per heavy atom. The number of rotatable bonds is 3. The van der Waals surface area contributed by atoms with Crippen LogP contribution >= 0.6 is 11.6 Å². The fraction of sp³-hybridized carbons (Fsp3) is 0.385. The Kier molecular flexibility index (Phi) is 3.30. The number of hydrogen-bond donors (Lipinski definition) is 1. The molecule has 1 heterocycles. The SMILES string of the molecule is CCc1nc(S(=O)(=O)[C@H]2CCc3c(Cl)cccc32)n[nH]1. The molecule has 0 amide bonds. The number of aromatic amines is 1. The summed E-state index contributed by atoms with van der Waals surface area (Å²) >= 11 is 6.13. The van der Waals surface area contributed by atoms with Crippen LogP contribution in [0.4, 0.5) is 0 Å². The predicted octanol–water partition coefficient (Wildman–Crippen LogP) is 2.48. The van der Waals surface area contributed by atoms with Crippen molar-refractivity contribution in [3.05, 3.63) is 40.2 Å². The molecular weight excluding hydrogens is 298 g/mol. The first kappa shape index (κ1) is 13.6. The number of aromatic nitrogens is 3. The van der Waals surface area contributed by atoms with E-state index in [0.717, 1.165) is 11.1 Å². The van der Waals surface area contributed by atoms with E-state index in [1.54, 1.807) is 12.1 Å². The van der Waals surface area contributed by atoms with E-state index in [1.165, 1.54) is 0 Å². The number of nitrogens with zero attached hydrogens (tertiary/aromatic N) is 2. The van der Waals surface area contributed by atoms with Crippen molar-refractivity contribution >= 4 is 21.4 Å². The average Bonchev–Trinajstić information content (AvgIpc) is 3.06. The van der Waals surface area contributed by atoms with Crippen molar-refractivity contribution < 1.29 is 8.42 Å². The van der Waals surface area contributed by atoms with E-state index < -0.39 is 15.1 Å². The molecule has 0 bridgehead atoms. The first-order valence-corrected chi connectivity index (χ1v) is 8.39. The third kappa shape index (κ3) is 2.03. The minimum Gasteiger partial charge on any atom is -0.262 e. The highest BCUT2D eigenvalue weighted by molar-refractivity contribution is 7.91. The lowest BCUT2D eigenvalue weighted by atomic mass is 10.1. The lowest BCUT2D eigenvalue weighted by Crippen LogP contribution is -2.13. The predicted molar refractivity (Wildman–Crippen MR) is 75.5 cm³/mol. The van der Waals surface area contributed by atoms with Crippen LogP contribution in [0.5, 0.6) is 0 Å². The van der Waals surface area contributed by atoms with Crippen molar-refractivity contribution in [2.24, 2.45) is 0 Å². The Balaban J connectivity index is 2.05. The van der Waals surface area contributed by atoms with Crippen molar-refractivity contribution in [3.8, 4) is 0 Å². The fourth-order valence-electron chi connectivity index (χ4n) is 2.58. The molecule has 1 aliphatic carbocycles. The van der Waals surface area contributed by atoms with Gasteiger partial charge in [-0.1, -0.05) is 30.7 Å². The molecule has 20 heavy (non-hydrogen) atoms. The normalized spacial score (nSPS) is 18.2. The zero-order valence-corrected chi connectivity index (χ0v) is 12.5. The van der Waals surface area contributed by atoms with Crippen LogP contribution in [0.15, 0.2) is 23.4 Å². The zero-order valence-electron chi connectivity index (χ0n) is 10.9. The van der Waals surface area contributed by atoms with Gasteiger partial charge >= 0.3 is 0 Å². The maximum absolute atomic E-state index is 12.6. The number of sulfone groups is 1. The summed E-state index contributed by atoms with van der Waals surface area (Å²) in [6.45, 7) is 1.89. The summed E-state index contributed by atoms with van der Waals surface area (Å²) in [5.41, 5.74) is 1.70. The smallest absolute Gasteiger partial charge is 0.262 e. The topological polar surface area (TPSA) is 75.7 Å². The first-order chi connectivity index (χ1) is 9.54. The van der Waals surface area contributed by atoms with Gasteiger partial charge in [-0.3, -0.25) is 5.10 Å². The quantitative estimate of drug-likeness (QED) is 0.945. The minimum absolute atomic E-state index is 0.118. The van der Waals surface area contributed by atoms with Gasteiger partial charge in [-0.25, -0.2) is 13.4 Å². The summed E-state index contributed by atoms with van der Waals surface area (Å²) in [6, 6.07) is 5.39. The molecule has 0 saturated carbocycles. The van der Waals surface area contributed by atoms with Crippen LogP contribution < -0.4 is 0 Å². The molecule has 2 aromatic rings. The number of halogens is 1. The number of nitrogens with one attached hydrogen (secondary N) is 1. The van der Waals surface area contributed by atoms with Gasteiger partial charge in [-0.05, 0) is 30.0 Å². The highest BCUT2D eigenvalue weighted by atomic mass is 35.5. The highest BCUT2D eigenvalue weighted by Gasteiger charge is 2.37. The maximum Gasteiger partial charge on any atom is 0.267 e. The number of benzene rings is 1. The van der Waals surface area contributed by atoms with E-state index in [9.17, 15) is 8.42 Å². The summed E-state index contributed by atoms with van der Waals surface area (Å²) in [7, 11) is -3.57. The van der Waals surface area contributed by atoms with Crippen LogP contribution in [-0.4, -0.2) is 23.6 Å².